The first-order chi connectivity index (χ1) is 14.8. The number of likely N-dealkylation sites (N-methyl/N-ethyl adjacent to an activating group) is 1. The van der Waals surface area contributed by atoms with Crippen molar-refractivity contribution in [2.45, 2.75) is 6.92 Å². The molecule has 164 valence electrons. The highest BCUT2D eigenvalue weighted by molar-refractivity contribution is 6.42. The number of methoxy groups -OCH3 is 1. The Morgan fingerprint density at radius 1 is 1.03 bits per heavy atom. The predicted octanol–water partition coefficient (Wildman–Crippen LogP) is 2.61. The smallest absolute Gasteiger partial charge is 0.329 e. The van der Waals surface area contributed by atoms with Gasteiger partial charge in [-0.25, -0.2) is 5.43 Å². The van der Waals surface area contributed by atoms with E-state index in [1.165, 1.54) is 19.4 Å². The monoisotopic (exact) mass is 466 g/mol. The lowest BCUT2D eigenvalue weighted by molar-refractivity contribution is -0.139. The molecular formula is C20H20Cl2N4O5. The molecule has 31 heavy (non-hydrogen) atoms. The highest BCUT2D eigenvalue weighted by Gasteiger charge is 2.11. The quantitative estimate of drug-likeness (QED) is 0.314. The van der Waals surface area contributed by atoms with Crippen LogP contribution >= 0.6 is 23.2 Å². The van der Waals surface area contributed by atoms with Crippen LogP contribution in [0.25, 0.3) is 0 Å². The summed E-state index contributed by atoms with van der Waals surface area (Å²) in [6, 6.07) is 9.53. The fourth-order valence-corrected chi connectivity index (χ4v) is 2.55. The van der Waals surface area contributed by atoms with Gasteiger partial charge < -0.3 is 20.1 Å². The molecule has 9 nitrogen and oxygen atoms in total. The number of hydrogen-bond acceptors (Lipinski definition) is 6. The van der Waals surface area contributed by atoms with Crippen molar-refractivity contribution in [1.29, 1.82) is 0 Å². The lowest BCUT2D eigenvalue weighted by atomic mass is 10.2. The minimum Gasteiger partial charge on any atom is -0.493 e. The summed E-state index contributed by atoms with van der Waals surface area (Å²) in [4.78, 5) is 34.9. The third-order valence-corrected chi connectivity index (χ3v) is 4.41. The zero-order valence-electron chi connectivity index (χ0n) is 16.7. The van der Waals surface area contributed by atoms with Crippen molar-refractivity contribution in [3.05, 3.63) is 52.0 Å². The Labute approximate surface area is 188 Å². The summed E-state index contributed by atoms with van der Waals surface area (Å²) in [6.45, 7) is 1.76. The minimum absolute atomic E-state index is 0.271. The maximum Gasteiger partial charge on any atom is 0.329 e. The number of ether oxygens (including phenoxy) is 2. The second-order valence-electron chi connectivity index (χ2n) is 5.93. The van der Waals surface area contributed by atoms with Crippen molar-refractivity contribution in [1.82, 2.24) is 10.7 Å². The molecule has 0 saturated carbocycles. The zero-order chi connectivity index (χ0) is 22.8. The molecule has 0 aliphatic carbocycles. The lowest BCUT2D eigenvalue weighted by Crippen LogP contribution is -2.37. The molecule has 2 aromatic rings. The molecule has 0 spiro atoms. The van der Waals surface area contributed by atoms with E-state index < -0.39 is 17.7 Å². The van der Waals surface area contributed by atoms with Gasteiger partial charge in [-0.2, -0.15) is 5.10 Å². The Bertz CT molecular complexity index is 998. The normalized spacial score (nSPS) is 10.5. The first-order valence-electron chi connectivity index (χ1n) is 9.01. The number of amides is 3. The van der Waals surface area contributed by atoms with Gasteiger partial charge >= 0.3 is 11.8 Å². The van der Waals surface area contributed by atoms with Crippen molar-refractivity contribution < 1.29 is 23.9 Å². The first-order valence-corrected chi connectivity index (χ1v) is 9.76. The van der Waals surface area contributed by atoms with E-state index in [-0.39, 0.29) is 6.61 Å². The third kappa shape index (κ3) is 7.47. The molecule has 3 N–H and O–H groups in total. The van der Waals surface area contributed by atoms with E-state index in [0.717, 1.165) is 0 Å². The predicted molar refractivity (Wildman–Crippen MR) is 118 cm³/mol. The second kappa shape index (κ2) is 11.8. The van der Waals surface area contributed by atoms with Crippen LogP contribution in [-0.4, -0.2) is 44.2 Å². The summed E-state index contributed by atoms with van der Waals surface area (Å²) >= 11 is 11.8. The summed E-state index contributed by atoms with van der Waals surface area (Å²) in [5.74, 6) is -1.38. The molecule has 0 atom stereocenters. The summed E-state index contributed by atoms with van der Waals surface area (Å²) in [5, 5.41) is 9.42. The van der Waals surface area contributed by atoms with Crippen molar-refractivity contribution in [3.8, 4) is 11.5 Å². The van der Waals surface area contributed by atoms with E-state index >= 15 is 0 Å². The average Bonchev–Trinajstić information content (AvgIpc) is 2.75. The minimum atomic E-state index is -0.877. The summed E-state index contributed by atoms with van der Waals surface area (Å²) in [6.07, 6.45) is 1.33. The average molecular weight is 467 g/mol. The highest BCUT2D eigenvalue weighted by Crippen LogP contribution is 2.28. The molecule has 0 fully saturated rings. The summed E-state index contributed by atoms with van der Waals surface area (Å²) in [7, 11) is 1.44. The van der Waals surface area contributed by atoms with E-state index in [1.54, 1.807) is 37.3 Å². The topological polar surface area (TPSA) is 118 Å². The number of nitrogens with one attached hydrogen (secondary N) is 3. The molecule has 11 heteroatoms. The van der Waals surface area contributed by atoms with E-state index in [9.17, 15) is 14.4 Å². The molecule has 0 bridgehead atoms. The maximum atomic E-state index is 12.1. The molecule has 0 unspecified atom stereocenters. The van der Waals surface area contributed by atoms with Crippen LogP contribution in [0.15, 0.2) is 41.5 Å². The molecule has 0 aromatic heterocycles. The Morgan fingerprint density at radius 2 is 1.81 bits per heavy atom. The van der Waals surface area contributed by atoms with Crippen LogP contribution < -0.4 is 25.5 Å². The highest BCUT2D eigenvalue weighted by atomic mass is 35.5. The number of nitrogens with zero attached hydrogens (tertiary/aromatic N) is 1. The number of rotatable bonds is 8. The largest absolute Gasteiger partial charge is 0.493 e. The van der Waals surface area contributed by atoms with Gasteiger partial charge in [0.15, 0.2) is 18.1 Å². The number of halogens is 2. The van der Waals surface area contributed by atoms with Crippen LogP contribution in [0.3, 0.4) is 0 Å². The van der Waals surface area contributed by atoms with Crippen LogP contribution in [0, 0.1) is 0 Å². The molecule has 0 heterocycles. The Kier molecular flexibility index (Phi) is 9.11. The molecule has 0 saturated heterocycles. The Balaban J connectivity index is 1.94. The fraction of sp³-hybridized carbons (Fsp3) is 0.200. The van der Waals surface area contributed by atoms with Crippen molar-refractivity contribution in [3.63, 3.8) is 0 Å². The van der Waals surface area contributed by atoms with Gasteiger partial charge in [-0.05, 0) is 48.9 Å². The van der Waals surface area contributed by atoms with Gasteiger partial charge in [0.05, 0.1) is 23.4 Å². The first kappa shape index (κ1) is 24.0. The van der Waals surface area contributed by atoms with E-state index in [4.69, 9.17) is 32.7 Å². The Morgan fingerprint density at radius 3 is 2.48 bits per heavy atom. The molecule has 2 rings (SSSR count). The van der Waals surface area contributed by atoms with Crippen LogP contribution in [-0.2, 0) is 14.4 Å². The molecule has 3 amide bonds. The van der Waals surface area contributed by atoms with E-state index in [0.29, 0.717) is 39.3 Å². The van der Waals surface area contributed by atoms with Gasteiger partial charge in [-0.3, -0.25) is 14.4 Å². The zero-order valence-corrected chi connectivity index (χ0v) is 18.2. The number of anilines is 1. The molecule has 0 aliphatic heterocycles. The van der Waals surface area contributed by atoms with Gasteiger partial charge in [0.25, 0.3) is 5.91 Å². The number of hydrazone groups is 1. The Hall–Kier alpha value is -3.30. The van der Waals surface area contributed by atoms with E-state index in [1.807, 2.05) is 0 Å². The number of carbonyl (C=O) groups excluding carboxylic acids is 3. The van der Waals surface area contributed by atoms with Gasteiger partial charge in [0.1, 0.15) is 0 Å². The SMILES string of the molecule is CCNC(=O)C(=O)N/N=C/c1ccc(OCC(=O)Nc2ccc(Cl)c(Cl)c2)c(OC)c1. The van der Waals surface area contributed by atoms with Crippen LogP contribution in [0.5, 0.6) is 11.5 Å². The van der Waals surface area contributed by atoms with Crippen molar-refractivity contribution in [2.24, 2.45) is 5.10 Å². The van der Waals surface area contributed by atoms with Gasteiger partial charge in [0.2, 0.25) is 0 Å². The van der Waals surface area contributed by atoms with Crippen LogP contribution in [0.2, 0.25) is 10.0 Å². The molecule has 0 aliphatic rings. The third-order valence-electron chi connectivity index (χ3n) is 3.67. The van der Waals surface area contributed by atoms with Gasteiger partial charge in [0, 0.05) is 12.2 Å². The van der Waals surface area contributed by atoms with Gasteiger partial charge in [-0.15, -0.1) is 0 Å². The summed E-state index contributed by atoms with van der Waals surface area (Å²) in [5.41, 5.74) is 3.17. The van der Waals surface area contributed by atoms with Crippen molar-refractivity contribution >= 4 is 52.8 Å². The van der Waals surface area contributed by atoms with Crippen LogP contribution in [0.1, 0.15) is 12.5 Å². The maximum absolute atomic E-state index is 12.1. The lowest BCUT2D eigenvalue weighted by Gasteiger charge is -2.11. The molecule has 2 aromatic carbocycles. The standard InChI is InChI=1S/C20H20Cl2N4O5/c1-3-23-19(28)20(29)26-24-10-12-4-7-16(17(8-12)30-2)31-11-18(27)25-13-5-6-14(21)15(22)9-13/h4-10H,3,11H2,1-2H3,(H,23,28)(H,25,27)(H,26,29)/b24-10+. The van der Waals surface area contributed by atoms with Crippen LogP contribution in [0.4, 0.5) is 5.69 Å². The summed E-state index contributed by atoms with van der Waals surface area (Å²) < 4.78 is 10.8. The molecule has 0 radical (unpaired) electrons. The fourth-order valence-electron chi connectivity index (χ4n) is 2.26. The van der Waals surface area contributed by atoms with Crippen molar-refractivity contribution in [2.75, 3.05) is 25.6 Å². The van der Waals surface area contributed by atoms with Gasteiger partial charge in [-0.1, -0.05) is 23.2 Å². The van der Waals surface area contributed by atoms with E-state index in [2.05, 4.69) is 21.2 Å². The number of benzene rings is 2. The number of hydrogen-bond donors (Lipinski definition) is 3. The number of carbonyl (C=O) groups is 3. The second-order valence-corrected chi connectivity index (χ2v) is 6.75. The molecular weight excluding hydrogens is 447 g/mol.